The van der Waals surface area contributed by atoms with Crippen LogP contribution in [0, 0.1) is 0 Å². The van der Waals surface area contributed by atoms with Crippen molar-refractivity contribution in [3.63, 3.8) is 0 Å². The Hall–Kier alpha value is -1.92. The maximum atomic E-state index is 11.9. The zero-order valence-corrected chi connectivity index (χ0v) is 12.6. The minimum atomic E-state index is -0.448. The summed E-state index contributed by atoms with van der Waals surface area (Å²) in [4.78, 5) is 20.2. The molecule has 0 aliphatic rings. The normalized spacial score (nSPS) is 12.1. The monoisotopic (exact) mass is 308 g/mol. The number of aromatic nitrogens is 2. The zero-order valence-electron chi connectivity index (χ0n) is 11.9. The number of amides is 1. The van der Waals surface area contributed by atoms with E-state index in [4.69, 9.17) is 16.3 Å². The van der Waals surface area contributed by atoms with Gasteiger partial charge in [-0.2, -0.15) is 0 Å². The Morgan fingerprint density at radius 3 is 2.90 bits per heavy atom. The molecule has 0 fully saturated rings. The number of halogens is 1. The van der Waals surface area contributed by atoms with Crippen LogP contribution in [0.15, 0.2) is 24.3 Å². The van der Waals surface area contributed by atoms with Gasteiger partial charge >= 0.3 is 0 Å². The number of anilines is 1. The summed E-state index contributed by atoms with van der Waals surface area (Å²) in [7, 11) is 1.59. The Labute approximate surface area is 127 Å². The summed E-state index contributed by atoms with van der Waals surface area (Å²) in [6.45, 7) is 2.69. The molecule has 2 aromatic rings. The fraction of sp³-hybridized carbons (Fsp3) is 0.357. The van der Waals surface area contributed by atoms with E-state index in [-0.39, 0.29) is 11.2 Å². The lowest BCUT2D eigenvalue weighted by atomic mass is 10.2. The molecule has 1 amide bonds. The second-order valence-corrected chi connectivity index (χ2v) is 4.85. The van der Waals surface area contributed by atoms with Gasteiger partial charge < -0.3 is 15.4 Å². The van der Waals surface area contributed by atoms with Crippen LogP contribution in [-0.4, -0.2) is 42.2 Å². The van der Waals surface area contributed by atoms with E-state index in [1.54, 1.807) is 14.0 Å². The molecule has 0 aliphatic carbocycles. The number of methoxy groups -OCH3 is 1. The standard InChI is InChI=1S/C14H17ClN4O2/c1-9(13(20)16-7-8-21-2)17-12-10-5-3-4-6-11(10)18-14(15)19-12/h3-6,9H,7-8H2,1-2H3,(H,16,20)(H,17,18,19). The summed E-state index contributed by atoms with van der Waals surface area (Å²) in [5.74, 6) is 0.408. The van der Waals surface area contributed by atoms with E-state index >= 15 is 0 Å². The van der Waals surface area contributed by atoms with Crippen molar-refractivity contribution in [3.8, 4) is 0 Å². The van der Waals surface area contributed by atoms with E-state index in [1.807, 2.05) is 24.3 Å². The first kappa shape index (κ1) is 15.5. The largest absolute Gasteiger partial charge is 0.383 e. The van der Waals surface area contributed by atoms with Gasteiger partial charge in [0.2, 0.25) is 11.2 Å². The van der Waals surface area contributed by atoms with Gasteiger partial charge in [0.1, 0.15) is 11.9 Å². The maximum absolute atomic E-state index is 11.9. The first-order valence-electron chi connectivity index (χ1n) is 6.57. The summed E-state index contributed by atoms with van der Waals surface area (Å²) < 4.78 is 4.89. The number of hydrogen-bond acceptors (Lipinski definition) is 5. The SMILES string of the molecule is COCCNC(=O)C(C)Nc1nc(Cl)nc2ccccc12. The van der Waals surface area contributed by atoms with Crippen LogP contribution in [0.4, 0.5) is 5.82 Å². The van der Waals surface area contributed by atoms with Crippen LogP contribution in [0.25, 0.3) is 10.9 Å². The van der Waals surface area contributed by atoms with Crippen molar-refractivity contribution >= 4 is 34.2 Å². The Kier molecular flexibility index (Phi) is 5.30. The molecule has 1 atom stereocenters. The lowest BCUT2D eigenvalue weighted by Crippen LogP contribution is -2.39. The van der Waals surface area contributed by atoms with Gasteiger partial charge in [-0.05, 0) is 30.7 Å². The third-order valence-corrected chi connectivity index (χ3v) is 3.10. The molecule has 0 bridgehead atoms. The molecule has 6 nitrogen and oxygen atoms in total. The van der Waals surface area contributed by atoms with E-state index in [0.29, 0.717) is 19.0 Å². The number of para-hydroxylation sites is 1. The molecule has 2 rings (SSSR count). The molecule has 0 saturated heterocycles. The lowest BCUT2D eigenvalue weighted by Gasteiger charge is -2.15. The molecule has 1 heterocycles. The number of benzene rings is 1. The molecule has 0 spiro atoms. The Morgan fingerprint density at radius 2 is 2.14 bits per heavy atom. The average Bonchev–Trinajstić information content (AvgIpc) is 2.47. The number of nitrogens with zero attached hydrogens (tertiary/aromatic N) is 2. The Balaban J connectivity index is 2.13. The fourth-order valence-corrected chi connectivity index (χ4v) is 2.03. The van der Waals surface area contributed by atoms with Crippen LogP contribution in [0.3, 0.4) is 0 Å². The van der Waals surface area contributed by atoms with E-state index in [1.165, 1.54) is 0 Å². The molecule has 21 heavy (non-hydrogen) atoms. The highest BCUT2D eigenvalue weighted by Gasteiger charge is 2.15. The Bertz CT molecular complexity index is 635. The van der Waals surface area contributed by atoms with Gasteiger partial charge in [-0.1, -0.05) is 12.1 Å². The number of ether oxygens (including phenoxy) is 1. The summed E-state index contributed by atoms with van der Waals surface area (Å²) in [5, 5.41) is 6.79. The van der Waals surface area contributed by atoms with Gasteiger partial charge in [-0.15, -0.1) is 0 Å². The van der Waals surface area contributed by atoms with Crippen molar-refractivity contribution in [1.29, 1.82) is 0 Å². The first-order chi connectivity index (χ1) is 10.1. The van der Waals surface area contributed by atoms with Crippen LogP contribution < -0.4 is 10.6 Å². The number of carbonyl (C=O) groups is 1. The van der Waals surface area contributed by atoms with Crippen molar-refractivity contribution in [1.82, 2.24) is 15.3 Å². The molecule has 112 valence electrons. The lowest BCUT2D eigenvalue weighted by molar-refractivity contribution is -0.121. The van der Waals surface area contributed by atoms with Gasteiger partial charge in [-0.25, -0.2) is 9.97 Å². The molecule has 1 aromatic heterocycles. The highest BCUT2D eigenvalue weighted by molar-refractivity contribution is 6.28. The molecule has 1 aromatic carbocycles. The highest BCUT2D eigenvalue weighted by atomic mass is 35.5. The molecule has 2 N–H and O–H groups in total. The van der Waals surface area contributed by atoms with Gasteiger partial charge in [0, 0.05) is 19.0 Å². The van der Waals surface area contributed by atoms with E-state index in [0.717, 1.165) is 10.9 Å². The highest BCUT2D eigenvalue weighted by Crippen LogP contribution is 2.22. The van der Waals surface area contributed by atoms with Crippen LogP contribution in [0.1, 0.15) is 6.92 Å². The molecule has 0 radical (unpaired) electrons. The predicted molar refractivity (Wildman–Crippen MR) is 82.5 cm³/mol. The van der Waals surface area contributed by atoms with Crippen molar-refractivity contribution in [2.24, 2.45) is 0 Å². The second-order valence-electron chi connectivity index (χ2n) is 4.51. The summed E-state index contributed by atoms with van der Waals surface area (Å²) in [6.07, 6.45) is 0. The van der Waals surface area contributed by atoms with Crippen molar-refractivity contribution in [2.75, 3.05) is 25.6 Å². The van der Waals surface area contributed by atoms with Crippen LogP contribution in [-0.2, 0) is 9.53 Å². The van der Waals surface area contributed by atoms with Crippen molar-refractivity contribution in [2.45, 2.75) is 13.0 Å². The topological polar surface area (TPSA) is 76.1 Å². The molecule has 0 aliphatic heterocycles. The zero-order chi connectivity index (χ0) is 15.2. The summed E-state index contributed by atoms with van der Waals surface area (Å²) in [5.41, 5.74) is 0.729. The van der Waals surface area contributed by atoms with Gasteiger partial charge in [0.05, 0.1) is 12.1 Å². The number of rotatable bonds is 6. The number of fused-ring (bicyclic) bond motifs is 1. The van der Waals surface area contributed by atoms with Gasteiger partial charge in [-0.3, -0.25) is 4.79 Å². The number of carbonyl (C=O) groups excluding carboxylic acids is 1. The molecule has 1 unspecified atom stereocenters. The number of nitrogens with one attached hydrogen (secondary N) is 2. The Morgan fingerprint density at radius 1 is 1.38 bits per heavy atom. The van der Waals surface area contributed by atoms with Crippen LogP contribution in [0.2, 0.25) is 5.28 Å². The fourth-order valence-electron chi connectivity index (χ4n) is 1.86. The maximum Gasteiger partial charge on any atom is 0.242 e. The molecule has 0 saturated carbocycles. The summed E-state index contributed by atoms with van der Waals surface area (Å²) >= 11 is 5.91. The van der Waals surface area contributed by atoms with Crippen LogP contribution in [0.5, 0.6) is 0 Å². The van der Waals surface area contributed by atoms with Gasteiger partial charge in [0.15, 0.2) is 0 Å². The molecular weight excluding hydrogens is 292 g/mol. The van der Waals surface area contributed by atoms with E-state index in [2.05, 4.69) is 20.6 Å². The predicted octanol–water partition coefficient (Wildman–Crippen LogP) is 1.85. The quantitative estimate of drug-likeness (QED) is 0.629. The minimum Gasteiger partial charge on any atom is -0.383 e. The van der Waals surface area contributed by atoms with E-state index in [9.17, 15) is 4.79 Å². The third kappa shape index (κ3) is 4.03. The van der Waals surface area contributed by atoms with Crippen molar-refractivity contribution < 1.29 is 9.53 Å². The number of hydrogen-bond donors (Lipinski definition) is 2. The molecule has 7 heteroatoms. The first-order valence-corrected chi connectivity index (χ1v) is 6.95. The van der Waals surface area contributed by atoms with Gasteiger partial charge in [0.25, 0.3) is 0 Å². The summed E-state index contributed by atoms with van der Waals surface area (Å²) in [6, 6.07) is 7.03. The minimum absolute atomic E-state index is 0.133. The third-order valence-electron chi connectivity index (χ3n) is 2.93. The van der Waals surface area contributed by atoms with Crippen LogP contribution >= 0.6 is 11.6 Å². The van der Waals surface area contributed by atoms with E-state index < -0.39 is 6.04 Å². The molecular formula is C14H17ClN4O2. The smallest absolute Gasteiger partial charge is 0.242 e. The average molecular weight is 309 g/mol. The second kappa shape index (κ2) is 7.19. The van der Waals surface area contributed by atoms with Crippen molar-refractivity contribution in [3.05, 3.63) is 29.5 Å².